The summed E-state index contributed by atoms with van der Waals surface area (Å²) in [5.41, 5.74) is 5.94. The van der Waals surface area contributed by atoms with Gasteiger partial charge in [0, 0.05) is 30.5 Å². The molecule has 0 spiro atoms. The van der Waals surface area contributed by atoms with Crippen molar-refractivity contribution in [3.8, 4) is 0 Å². The van der Waals surface area contributed by atoms with Crippen molar-refractivity contribution in [1.29, 1.82) is 0 Å². The fourth-order valence-corrected chi connectivity index (χ4v) is 1.72. The average molecular weight is 271 g/mol. The molecule has 0 saturated carbocycles. The maximum atomic E-state index is 12.9. The number of carbonyl (C=O) groups is 1. The van der Waals surface area contributed by atoms with Crippen molar-refractivity contribution in [1.82, 2.24) is 5.32 Å². The number of hydrogen-bond donors (Lipinski definition) is 2. The molecule has 0 aromatic heterocycles. The zero-order chi connectivity index (χ0) is 14.4. The fraction of sp³-hybridized carbons (Fsp3) is 0.462. The molecule has 1 amide bonds. The lowest BCUT2D eigenvalue weighted by molar-refractivity contribution is -0.119. The van der Waals surface area contributed by atoms with Gasteiger partial charge in [0.05, 0.1) is 6.54 Å². The van der Waals surface area contributed by atoms with Crippen LogP contribution in [-0.4, -0.2) is 26.0 Å². The van der Waals surface area contributed by atoms with E-state index >= 15 is 0 Å². The van der Waals surface area contributed by atoms with E-state index in [0.717, 1.165) is 6.42 Å². The van der Waals surface area contributed by atoms with E-state index in [2.05, 4.69) is 5.32 Å². The van der Waals surface area contributed by atoms with Crippen LogP contribution in [0.2, 0.25) is 0 Å². The molecule has 0 heterocycles. The molecule has 0 bridgehead atoms. The molecule has 106 valence electrons. The van der Waals surface area contributed by atoms with Gasteiger partial charge in [0.25, 0.3) is 6.43 Å². The van der Waals surface area contributed by atoms with Crippen molar-refractivity contribution >= 4 is 17.3 Å². The van der Waals surface area contributed by atoms with Crippen molar-refractivity contribution in [2.24, 2.45) is 0 Å². The van der Waals surface area contributed by atoms with Crippen molar-refractivity contribution < 1.29 is 13.6 Å². The Morgan fingerprint density at radius 2 is 2.16 bits per heavy atom. The molecule has 1 aromatic rings. The zero-order valence-electron chi connectivity index (χ0n) is 11.1. The summed E-state index contributed by atoms with van der Waals surface area (Å²) in [6.45, 7) is 2.55. The van der Waals surface area contributed by atoms with Crippen LogP contribution in [0, 0.1) is 0 Å². The van der Waals surface area contributed by atoms with Gasteiger partial charge in [-0.15, -0.1) is 0 Å². The average Bonchev–Trinajstić information content (AvgIpc) is 2.35. The van der Waals surface area contributed by atoms with E-state index in [0.29, 0.717) is 12.2 Å². The number of anilines is 2. The van der Waals surface area contributed by atoms with Crippen molar-refractivity contribution in [3.05, 3.63) is 23.8 Å². The smallest absolute Gasteiger partial charge is 0.265 e. The number of hydrogen-bond acceptors (Lipinski definition) is 3. The molecule has 0 aliphatic carbocycles. The number of nitrogens with two attached hydrogens (primary N) is 1. The molecule has 0 atom stereocenters. The molecule has 1 aromatic carbocycles. The number of halogens is 2. The Morgan fingerprint density at radius 1 is 1.47 bits per heavy atom. The van der Waals surface area contributed by atoms with Gasteiger partial charge in [-0.1, -0.05) is 6.92 Å². The monoisotopic (exact) mass is 271 g/mol. The molecule has 0 aliphatic heterocycles. The van der Waals surface area contributed by atoms with Crippen LogP contribution >= 0.6 is 0 Å². The summed E-state index contributed by atoms with van der Waals surface area (Å²) >= 11 is 0. The first kappa shape index (κ1) is 15.2. The highest BCUT2D eigenvalue weighted by molar-refractivity contribution is 5.81. The summed E-state index contributed by atoms with van der Waals surface area (Å²) in [6.07, 6.45) is -1.79. The summed E-state index contributed by atoms with van der Waals surface area (Å²) in [5.74, 6) is -0.193. The predicted molar refractivity (Wildman–Crippen MR) is 72.4 cm³/mol. The quantitative estimate of drug-likeness (QED) is 0.780. The number of likely N-dealkylation sites (N-methyl/N-ethyl adjacent to an activating group) is 1. The number of rotatable bonds is 6. The van der Waals surface area contributed by atoms with Gasteiger partial charge >= 0.3 is 0 Å². The molecule has 19 heavy (non-hydrogen) atoms. The first-order valence-corrected chi connectivity index (χ1v) is 6.11. The predicted octanol–water partition coefficient (Wildman–Crippen LogP) is 2.17. The van der Waals surface area contributed by atoms with E-state index in [9.17, 15) is 13.6 Å². The second-order valence-electron chi connectivity index (χ2n) is 4.32. The molecule has 0 aliphatic rings. The van der Waals surface area contributed by atoms with Crippen LogP contribution in [0.5, 0.6) is 0 Å². The van der Waals surface area contributed by atoms with Crippen LogP contribution in [0.4, 0.5) is 20.2 Å². The Bertz CT molecular complexity index is 438. The molecule has 4 nitrogen and oxygen atoms in total. The van der Waals surface area contributed by atoms with E-state index in [4.69, 9.17) is 5.73 Å². The summed E-state index contributed by atoms with van der Waals surface area (Å²) in [5, 5.41) is 2.70. The molecule has 0 radical (unpaired) electrons. The van der Waals surface area contributed by atoms with Crippen molar-refractivity contribution in [3.63, 3.8) is 0 Å². The zero-order valence-corrected chi connectivity index (χ0v) is 11.1. The lowest BCUT2D eigenvalue weighted by atomic mass is 10.1. The Hall–Kier alpha value is -1.85. The van der Waals surface area contributed by atoms with Gasteiger partial charge in [0.15, 0.2) is 0 Å². The molecular formula is C13H19F2N3O. The number of benzene rings is 1. The lowest BCUT2D eigenvalue weighted by Crippen LogP contribution is -2.35. The summed E-state index contributed by atoms with van der Waals surface area (Å²) in [4.78, 5) is 13.1. The molecule has 0 saturated heterocycles. The van der Waals surface area contributed by atoms with E-state index in [1.165, 1.54) is 17.0 Å². The van der Waals surface area contributed by atoms with Gasteiger partial charge in [-0.2, -0.15) is 0 Å². The topological polar surface area (TPSA) is 58.4 Å². The maximum Gasteiger partial charge on any atom is 0.265 e. The van der Waals surface area contributed by atoms with Gasteiger partial charge in [0.1, 0.15) is 0 Å². The highest BCUT2D eigenvalue weighted by atomic mass is 19.3. The van der Waals surface area contributed by atoms with Crippen LogP contribution < -0.4 is 16.0 Å². The van der Waals surface area contributed by atoms with Crippen LogP contribution in [-0.2, 0) is 4.79 Å². The standard InChI is InChI=1S/C13H19F2N3O/c1-3-6-17-12(19)8-18(2)11-5-4-9(16)7-10(11)13(14)15/h4-5,7,13H,3,6,8,16H2,1-2H3,(H,17,19). The minimum Gasteiger partial charge on any atom is -0.399 e. The van der Waals surface area contributed by atoms with E-state index in [1.54, 1.807) is 13.1 Å². The van der Waals surface area contributed by atoms with Crippen molar-refractivity contribution in [2.45, 2.75) is 19.8 Å². The van der Waals surface area contributed by atoms with Crippen LogP contribution in [0.3, 0.4) is 0 Å². The minimum absolute atomic E-state index is 0.0314. The third-order valence-corrected chi connectivity index (χ3v) is 2.65. The summed E-state index contributed by atoms with van der Waals surface area (Å²) in [7, 11) is 1.60. The number of alkyl halides is 2. The maximum absolute atomic E-state index is 12.9. The fourth-order valence-electron chi connectivity index (χ4n) is 1.72. The molecular weight excluding hydrogens is 252 g/mol. The lowest BCUT2D eigenvalue weighted by Gasteiger charge is -2.22. The SMILES string of the molecule is CCCNC(=O)CN(C)c1ccc(N)cc1C(F)F. The van der Waals surface area contributed by atoms with Gasteiger partial charge in [-0.3, -0.25) is 4.79 Å². The van der Waals surface area contributed by atoms with E-state index in [1.807, 2.05) is 6.92 Å². The number of amides is 1. The minimum atomic E-state index is -2.63. The molecule has 3 N–H and O–H groups in total. The highest BCUT2D eigenvalue weighted by Crippen LogP contribution is 2.30. The number of carbonyl (C=O) groups excluding carboxylic acids is 1. The summed E-state index contributed by atoms with van der Waals surface area (Å²) < 4.78 is 25.9. The second-order valence-corrected chi connectivity index (χ2v) is 4.32. The largest absolute Gasteiger partial charge is 0.399 e. The third-order valence-electron chi connectivity index (χ3n) is 2.65. The van der Waals surface area contributed by atoms with Gasteiger partial charge in [-0.25, -0.2) is 8.78 Å². The molecule has 0 unspecified atom stereocenters. The number of nitrogen functional groups attached to an aromatic ring is 1. The van der Waals surface area contributed by atoms with Gasteiger partial charge < -0.3 is 16.0 Å². The molecule has 6 heteroatoms. The highest BCUT2D eigenvalue weighted by Gasteiger charge is 2.17. The molecule has 0 fully saturated rings. The molecule has 1 rings (SSSR count). The first-order chi connectivity index (χ1) is 8.95. The normalized spacial score (nSPS) is 10.6. The Kier molecular flexibility index (Phi) is 5.54. The van der Waals surface area contributed by atoms with Crippen molar-refractivity contribution in [2.75, 3.05) is 30.8 Å². The van der Waals surface area contributed by atoms with Crippen LogP contribution in [0.15, 0.2) is 18.2 Å². The Morgan fingerprint density at radius 3 is 2.74 bits per heavy atom. The third kappa shape index (κ3) is 4.39. The second kappa shape index (κ2) is 6.92. The number of nitrogens with zero attached hydrogens (tertiary/aromatic N) is 1. The van der Waals surface area contributed by atoms with E-state index in [-0.39, 0.29) is 23.7 Å². The van der Waals surface area contributed by atoms with E-state index < -0.39 is 6.43 Å². The first-order valence-electron chi connectivity index (χ1n) is 6.11. The summed E-state index contributed by atoms with van der Waals surface area (Å²) in [6, 6.07) is 4.28. The van der Waals surface area contributed by atoms with Crippen LogP contribution in [0.25, 0.3) is 0 Å². The van der Waals surface area contributed by atoms with Gasteiger partial charge in [0.2, 0.25) is 5.91 Å². The number of nitrogens with one attached hydrogen (secondary N) is 1. The van der Waals surface area contributed by atoms with Crippen LogP contribution in [0.1, 0.15) is 25.3 Å². The van der Waals surface area contributed by atoms with Gasteiger partial charge in [-0.05, 0) is 24.6 Å². The Balaban J connectivity index is 2.81. The Labute approximate surface area is 111 Å².